The van der Waals surface area contributed by atoms with Crippen molar-refractivity contribution in [3.8, 4) is 0 Å². The summed E-state index contributed by atoms with van der Waals surface area (Å²) in [6, 6.07) is 0. The van der Waals surface area contributed by atoms with Crippen molar-refractivity contribution >= 4 is 11.8 Å². The van der Waals surface area contributed by atoms with E-state index in [1.54, 1.807) is 6.92 Å². The number of hydrogen-bond donors (Lipinski definition) is 1. The van der Waals surface area contributed by atoms with Gasteiger partial charge in [0.1, 0.15) is 5.78 Å². The number of carboxylic acids is 1. The molecule has 0 aromatic rings. The zero-order chi connectivity index (χ0) is 9.72. The van der Waals surface area contributed by atoms with Gasteiger partial charge in [0.2, 0.25) is 0 Å². The zero-order valence-electron chi connectivity index (χ0n) is 7.83. The van der Waals surface area contributed by atoms with Crippen molar-refractivity contribution in [1.82, 2.24) is 0 Å². The van der Waals surface area contributed by atoms with Crippen LogP contribution in [0.1, 0.15) is 33.6 Å². The zero-order valence-corrected chi connectivity index (χ0v) is 7.83. The van der Waals surface area contributed by atoms with Crippen molar-refractivity contribution in [2.75, 3.05) is 0 Å². The van der Waals surface area contributed by atoms with E-state index in [0.717, 1.165) is 0 Å². The monoisotopic (exact) mass is 172 g/mol. The largest absolute Gasteiger partial charge is 0.481 e. The quantitative estimate of drug-likeness (QED) is 0.686. The molecule has 0 saturated carbocycles. The fourth-order valence-corrected chi connectivity index (χ4v) is 0.979. The van der Waals surface area contributed by atoms with Crippen LogP contribution in [-0.2, 0) is 9.59 Å². The summed E-state index contributed by atoms with van der Waals surface area (Å²) in [6.07, 6.45) is 0.431. The predicted octanol–water partition coefficient (Wildman–Crippen LogP) is 1.71. The van der Waals surface area contributed by atoms with E-state index < -0.39 is 5.97 Å². The molecule has 0 radical (unpaired) electrons. The average Bonchev–Trinajstić information content (AvgIpc) is 1.84. The molecule has 0 aliphatic carbocycles. The molecule has 0 rings (SSSR count). The van der Waals surface area contributed by atoms with Gasteiger partial charge in [-0.1, -0.05) is 20.8 Å². The predicted molar refractivity (Wildman–Crippen MR) is 45.9 cm³/mol. The van der Waals surface area contributed by atoms with Gasteiger partial charge in [0.25, 0.3) is 0 Å². The van der Waals surface area contributed by atoms with Gasteiger partial charge < -0.3 is 5.11 Å². The second-order valence-corrected chi connectivity index (χ2v) is 3.56. The van der Waals surface area contributed by atoms with Crippen molar-refractivity contribution in [2.24, 2.45) is 11.8 Å². The highest BCUT2D eigenvalue weighted by atomic mass is 16.4. The fraction of sp³-hybridized carbons (Fsp3) is 0.778. The first-order valence-corrected chi connectivity index (χ1v) is 4.18. The van der Waals surface area contributed by atoms with E-state index >= 15 is 0 Å². The van der Waals surface area contributed by atoms with Crippen LogP contribution in [0.2, 0.25) is 0 Å². The minimum atomic E-state index is -0.903. The maximum absolute atomic E-state index is 11.2. The summed E-state index contributed by atoms with van der Waals surface area (Å²) in [5, 5.41) is 8.41. The molecule has 3 heteroatoms. The van der Waals surface area contributed by atoms with E-state index in [-0.39, 0.29) is 18.1 Å². The van der Waals surface area contributed by atoms with Gasteiger partial charge in [0.15, 0.2) is 0 Å². The van der Waals surface area contributed by atoms with Gasteiger partial charge in [-0.05, 0) is 5.92 Å². The second-order valence-electron chi connectivity index (χ2n) is 3.56. The molecule has 0 saturated heterocycles. The summed E-state index contributed by atoms with van der Waals surface area (Å²) in [6.45, 7) is 5.57. The van der Waals surface area contributed by atoms with Gasteiger partial charge in [0.05, 0.1) is 6.42 Å². The van der Waals surface area contributed by atoms with E-state index in [1.165, 1.54) is 0 Å². The minimum absolute atomic E-state index is 0.0485. The molecule has 0 fully saturated rings. The summed E-state index contributed by atoms with van der Waals surface area (Å²) in [5.74, 6) is -0.884. The van der Waals surface area contributed by atoms with Crippen LogP contribution in [0.3, 0.4) is 0 Å². The molecule has 1 N–H and O–H groups in total. The Labute approximate surface area is 72.8 Å². The Morgan fingerprint density at radius 2 is 1.67 bits per heavy atom. The normalized spacial score (nSPS) is 13.0. The molecule has 0 aliphatic rings. The Morgan fingerprint density at radius 1 is 1.17 bits per heavy atom. The third-order valence-electron chi connectivity index (χ3n) is 1.64. The fourth-order valence-electron chi connectivity index (χ4n) is 0.979. The Kier molecular flexibility index (Phi) is 4.55. The minimum Gasteiger partial charge on any atom is -0.481 e. The summed E-state index contributed by atoms with van der Waals surface area (Å²) in [4.78, 5) is 21.5. The topological polar surface area (TPSA) is 54.4 Å². The second kappa shape index (κ2) is 4.91. The number of rotatable bonds is 5. The summed E-state index contributed by atoms with van der Waals surface area (Å²) in [5.41, 5.74) is 0. The molecule has 0 spiro atoms. The van der Waals surface area contributed by atoms with Gasteiger partial charge >= 0.3 is 5.97 Å². The van der Waals surface area contributed by atoms with Crippen LogP contribution >= 0.6 is 0 Å². The lowest BCUT2D eigenvalue weighted by Gasteiger charge is -2.08. The smallest absolute Gasteiger partial charge is 0.304 e. The van der Waals surface area contributed by atoms with Crippen molar-refractivity contribution in [1.29, 1.82) is 0 Å². The Bertz CT molecular complexity index is 173. The Hall–Kier alpha value is -0.860. The number of Topliss-reactive ketones (excluding diaryl/α,β-unsaturated/α-hetero) is 1. The highest BCUT2D eigenvalue weighted by Crippen LogP contribution is 2.10. The van der Waals surface area contributed by atoms with Crippen LogP contribution in [-0.4, -0.2) is 16.9 Å². The summed E-state index contributed by atoms with van der Waals surface area (Å²) in [7, 11) is 0. The molecule has 1 atom stereocenters. The van der Waals surface area contributed by atoms with Crippen LogP contribution in [0.5, 0.6) is 0 Å². The van der Waals surface area contributed by atoms with E-state index in [0.29, 0.717) is 12.3 Å². The SMILES string of the molecule is CC(C)CC(=O)C(C)CC(=O)O. The van der Waals surface area contributed by atoms with Crippen molar-refractivity contribution < 1.29 is 14.7 Å². The molecular weight excluding hydrogens is 156 g/mol. The van der Waals surface area contributed by atoms with Crippen LogP contribution in [0.15, 0.2) is 0 Å². The van der Waals surface area contributed by atoms with Gasteiger partial charge in [-0.25, -0.2) is 0 Å². The number of carbonyl (C=O) groups excluding carboxylic acids is 1. The molecule has 0 bridgehead atoms. The van der Waals surface area contributed by atoms with Crippen LogP contribution in [0.25, 0.3) is 0 Å². The molecule has 0 amide bonds. The molecule has 12 heavy (non-hydrogen) atoms. The first-order valence-electron chi connectivity index (χ1n) is 4.18. The molecule has 70 valence electrons. The first-order chi connectivity index (χ1) is 5.43. The van der Waals surface area contributed by atoms with Gasteiger partial charge in [0, 0.05) is 12.3 Å². The Morgan fingerprint density at radius 3 is 2.00 bits per heavy atom. The Balaban J connectivity index is 3.85. The van der Waals surface area contributed by atoms with Gasteiger partial charge in [-0.15, -0.1) is 0 Å². The van der Waals surface area contributed by atoms with E-state index in [2.05, 4.69) is 0 Å². The number of hydrogen-bond acceptors (Lipinski definition) is 2. The van der Waals surface area contributed by atoms with E-state index in [4.69, 9.17) is 5.11 Å². The number of aliphatic carboxylic acids is 1. The summed E-state index contributed by atoms with van der Waals surface area (Å²) < 4.78 is 0. The lowest BCUT2D eigenvalue weighted by atomic mass is 9.95. The third-order valence-corrected chi connectivity index (χ3v) is 1.64. The van der Waals surface area contributed by atoms with Crippen LogP contribution in [0.4, 0.5) is 0 Å². The molecule has 0 aromatic heterocycles. The summed E-state index contributed by atoms with van der Waals surface area (Å²) >= 11 is 0. The maximum Gasteiger partial charge on any atom is 0.304 e. The van der Waals surface area contributed by atoms with Crippen molar-refractivity contribution in [3.63, 3.8) is 0 Å². The highest BCUT2D eigenvalue weighted by molar-refractivity contribution is 5.84. The highest BCUT2D eigenvalue weighted by Gasteiger charge is 2.16. The van der Waals surface area contributed by atoms with Crippen LogP contribution < -0.4 is 0 Å². The van der Waals surface area contributed by atoms with Crippen molar-refractivity contribution in [3.05, 3.63) is 0 Å². The number of carbonyl (C=O) groups is 2. The third kappa shape index (κ3) is 4.88. The maximum atomic E-state index is 11.2. The molecule has 3 nitrogen and oxygen atoms in total. The molecule has 1 unspecified atom stereocenters. The lowest BCUT2D eigenvalue weighted by molar-refractivity contribution is -0.140. The molecule has 0 aromatic carbocycles. The van der Waals surface area contributed by atoms with E-state index in [9.17, 15) is 9.59 Å². The van der Waals surface area contributed by atoms with Gasteiger partial charge in [-0.3, -0.25) is 9.59 Å². The molecule has 0 heterocycles. The lowest BCUT2D eigenvalue weighted by Crippen LogP contribution is -2.16. The van der Waals surface area contributed by atoms with Gasteiger partial charge in [-0.2, -0.15) is 0 Å². The number of ketones is 1. The first kappa shape index (κ1) is 11.1. The number of carboxylic acid groups (broad SMARTS) is 1. The van der Waals surface area contributed by atoms with E-state index in [1.807, 2.05) is 13.8 Å². The average molecular weight is 172 g/mol. The standard InChI is InChI=1S/C9H16O3/c1-6(2)4-8(10)7(3)5-9(11)12/h6-7H,4-5H2,1-3H3,(H,11,12). The van der Waals surface area contributed by atoms with Crippen molar-refractivity contribution in [2.45, 2.75) is 33.6 Å². The molecule has 0 aliphatic heterocycles. The molecular formula is C9H16O3. The van der Waals surface area contributed by atoms with Crippen LogP contribution in [0, 0.1) is 11.8 Å².